The molecule has 0 unspecified atom stereocenters. The number of H-pyrrole nitrogens is 4. The summed E-state index contributed by atoms with van der Waals surface area (Å²) < 4.78 is 8.34. The highest BCUT2D eigenvalue weighted by Gasteiger charge is 2.22. The van der Waals surface area contributed by atoms with E-state index in [0.717, 1.165) is 66.9 Å². The van der Waals surface area contributed by atoms with Gasteiger partial charge >= 0.3 is 0 Å². The fourth-order valence-electron chi connectivity index (χ4n) is 11.9. The number of hydrogen-bond donors (Lipinski definition) is 9. The fourth-order valence-corrected chi connectivity index (χ4v) is 11.9. The molecule has 0 aliphatic rings. The van der Waals surface area contributed by atoms with E-state index in [1.165, 1.54) is 56.6 Å². The monoisotopic (exact) mass is 1490 g/mol. The first-order valence-electron chi connectivity index (χ1n) is 37.2. The predicted octanol–water partition coefficient (Wildman–Crippen LogP) is 12.8. The number of aryl methyl sites for hydroxylation is 3. The van der Waals surface area contributed by atoms with Gasteiger partial charge in [0.05, 0.1) is 11.9 Å². The molecule has 0 aliphatic heterocycles. The molecule has 27 heteroatoms. The van der Waals surface area contributed by atoms with Crippen LogP contribution in [0.25, 0.3) is 68.1 Å². The first-order chi connectivity index (χ1) is 52.2. The Kier molecular flexibility index (Phi) is 24.2. The highest BCUT2D eigenvalue weighted by atomic mass is 16.3. The summed E-state index contributed by atoms with van der Waals surface area (Å²) >= 11 is 0. The quantitative estimate of drug-likeness (QED) is 0.0302. The van der Waals surface area contributed by atoms with Gasteiger partial charge in [0.25, 0.3) is 22.2 Å². The van der Waals surface area contributed by atoms with E-state index >= 15 is 0 Å². The number of benzene rings is 5. The van der Waals surface area contributed by atoms with E-state index in [9.17, 15) is 24.3 Å². The van der Waals surface area contributed by atoms with Gasteiger partial charge in [-0.05, 0) is 95.4 Å². The molecule has 9 heterocycles. The van der Waals surface area contributed by atoms with Crippen LogP contribution < -0.4 is 38.2 Å². The number of hydrogen-bond acceptors (Lipinski definition) is 18. The van der Waals surface area contributed by atoms with Crippen LogP contribution in [0.3, 0.4) is 0 Å². The second kappa shape index (κ2) is 33.7. The van der Waals surface area contributed by atoms with E-state index in [2.05, 4.69) is 232 Å². The van der Waals surface area contributed by atoms with Gasteiger partial charge in [-0.15, -0.1) is 0 Å². The molecule has 0 amide bonds. The lowest BCUT2D eigenvalue weighted by molar-refractivity contribution is 0.0942. The minimum absolute atomic E-state index is 0.0662. The lowest BCUT2D eigenvalue weighted by Crippen LogP contribution is -2.30. The number of aromatic amines is 4. The summed E-state index contributed by atoms with van der Waals surface area (Å²) in [5, 5.41) is 39.6. The Bertz CT molecular complexity index is 5620. The number of aromatic nitrogens is 18. The Morgan fingerprint density at radius 1 is 0.391 bits per heavy atom. The molecule has 14 aromatic rings. The number of anilines is 3. The number of unbranched alkanes of at least 4 members (excludes halogenated alkanes) is 1. The third kappa shape index (κ3) is 20.8. The molecule has 0 atom stereocenters. The predicted molar refractivity (Wildman–Crippen MR) is 434 cm³/mol. The normalized spacial score (nSPS) is 12.0. The summed E-state index contributed by atoms with van der Waals surface area (Å²) in [6, 6.07) is 49.1. The Labute approximate surface area is 637 Å². The SMILES string of the molecule is CC(C)(C)c1ccc(-c2nc(CCCCO)n3[nH]c(=O)cc3n2)cc1.CC(C)(C)c1ccc(-c2nc(NCCCc3ccccc3)n3[nH]c(=O)cc3n2)cc1.CC(C)(C)c1ccc(-c2nc(NCCCn3ccnc3)n3[nH]c(=O)cc3n2)cc1.CC(C)(O)CNc1nc(-c2ccc(C(C)(C)C)cc2)nc2cc(=O)[nH]n12. The molecule has 9 N–H and O–H groups in total. The van der Waals surface area contributed by atoms with E-state index in [-0.39, 0.29) is 57.0 Å². The van der Waals surface area contributed by atoms with Crippen LogP contribution in [0.4, 0.5) is 17.8 Å². The molecule has 0 bridgehead atoms. The van der Waals surface area contributed by atoms with Crippen LogP contribution in [0.15, 0.2) is 190 Å². The maximum atomic E-state index is 11.9. The molecule has 110 heavy (non-hydrogen) atoms. The van der Waals surface area contributed by atoms with Crippen molar-refractivity contribution in [2.75, 3.05) is 42.2 Å². The second-order valence-electron chi connectivity index (χ2n) is 32.1. The average Bonchev–Trinajstić information content (AvgIpc) is 1.62. The van der Waals surface area contributed by atoms with Crippen LogP contribution >= 0.6 is 0 Å². The van der Waals surface area contributed by atoms with E-state index in [1.54, 1.807) is 39.9 Å². The number of imidazole rings is 1. The Morgan fingerprint density at radius 2 is 0.745 bits per heavy atom. The van der Waals surface area contributed by atoms with Gasteiger partial charge in [-0.1, -0.05) is 210 Å². The fraction of sp³-hybridized carbons (Fsp3) is 0.361. The minimum atomic E-state index is -0.917. The maximum Gasteiger partial charge on any atom is 0.266 e. The summed E-state index contributed by atoms with van der Waals surface area (Å²) in [5.41, 5.74) is 10.6. The zero-order valence-electron chi connectivity index (χ0n) is 65.2. The summed E-state index contributed by atoms with van der Waals surface area (Å²) in [4.78, 5) is 87.9. The molecule has 27 nitrogen and oxygen atoms in total. The molecule has 9 aromatic heterocycles. The lowest BCUT2D eigenvalue weighted by Gasteiger charge is -2.19. The van der Waals surface area contributed by atoms with Gasteiger partial charge in [-0.2, -0.15) is 15.0 Å². The van der Waals surface area contributed by atoms with Crippen LogP contribution in [0.1, 0.15) is 156 Å². The Hall–Kier alpha value is -12.0. The average molecular weight is 1490 g/mol. The molecule has 0 saturated heterocycles. The topological polar surface area (TPSA) is 347 Å². The van der Waals surface area contributed by atoms with E-state index in [4.69, 9.17) is 10.1 Å². The van der Waals surface area contributed by atoms with Crippen LogP contribution in [0, 0.1) is 0 Å². The van der Waals surface area contributed by atoms with Crippen molar-refractivity contribution in [3.63, 3.8) is 0 Å². The number of fused-ring (bicyclic) bond motifs is 4. The first kappa shape index (κ1) is 79.1. The number of rotatable bonds is 21. The van der Waals surface area contributed by atoms with Gasteiger partial charge in [0.2, 0.25) is 17.8 Å². The molecule has 0 spiro atoms. The van der Waals surface area contributed by atoms with Crippen molar-refractivity contribution in [1.82, 2.24) is 87.9 Å². The Morgan fingerprint density at radius 3 is 1.10 bits per heavy atom. The molecular formula is C83H101N21O6. The standard InChI is InChI=1S/C24H27N5O.C21H25N7O.C19H25N5O2.C19H24N4O2/c1-24(2,3)19-13-11-18(12-14-19)22-26-20-16-21(30)28-29(20)23(27-22)25-15-7-10-17-8-5-4-6-9-17;1-21(2,3)16-7-5-15(6-8-16)19-24-17-13-18(29)26-28(17)20(25-19)23-9-4-11-27-12-10-22-14-27;1-18(2,3)13-8-6-12(7-9-13)16-21-14-10-15(25)23-24(14)17(22-16)20-11-19(4,5)26;1-19(2,3)14-9-7-13(8-10-14)18-20-15(6-4-5-11-24)23-16(21-18)12-17(25)22-23/h4-6,8-9,11-14,16H,7,10,15H2,1-3H3,(H,28,30)(H,25,26,27);5-8,10,12-14H,4,9,11H2,1-3H3,(H,26,29)(H,23,24,25);6-10,26H,11H2,1-5H3,(H,23,25)(H,20,21,22);7-10,12,24H,4-6,11H2,1-3H3,(H,22,25). The molecule has 574 valence electrons. The van der Waals surface area contributed by atoms with Crippen molar-refractivity contribution in [3.05, 3.63) is 245 Å². The maximum absolute atomic E-state index is 11.9. The first-order valence-corrected chi connectivity index (χ1v) is 37.2. The number of nitrogens with one attached hydrogen (secondary N) is 7. The molecule has 0 aliphatic carbocycles. The lowest BCUT2D eigenvalue weighted by atomic mass is 9.86. The van der Waals surface area contributed by atoms with Gasteiger partial charge in [-0.25, -0.2) is 48.0 Å². The summed E-state index contributed by atoms with van der Waals surface area (Å²) in [5.74, 6) is 4.63. The molecular weight excluding hydrogens is 1390 g/mol. The van der Waals surface area contributed by atoms with Crippen LogP contribution in [0.5, 0.6) is 0 Å². The molecule has 0 saturated carbocycles. The molecule has 5 aromatic carbocycles. The van der Waals surface area contributed by atoms with Crippen LogP contribution in [-0.2, 0) is 41.0 Å². The van der Waals surface area contributed by atoms with Gasteiger partial charge in [-0.3, -0.25) is 39.6 Å². The van der Waals surface area contributed by atoms with Crippen LogP contribution in [-0.4, -0.2) is 130 Å². The molecule has 0 radical (unpaired) electrons. The third-order valence-corrected chi connectivity index (χ3v) is 18.2. The molecule has 14 rings (SSSR count). The summed E-state index contributed by atoms with van der Waals surface area (Å²) in [6.45, 7) is 32.2. The van der Waals surface area contributed by atoms with Gasteiger partial charge in [0, 0.05) is 98.1 Å². The van der Waals surface area contributed by atoms with Gasteiger partial charge in [0.15, 0.2) is 45.9 Å². The number of nitrogens with zero attached hydrogens (tertiary/aromatic N) is 14. The Balaban J connectivity index is 0.000000146. The van der Waals surface area contributed by atoms with Crippen LogP contribution in [0.2, 0.25) is 0 Å². The van der Waals surface area contributed by atoms with Crippen molar-refractivity contribution in [3.8, 4) is 45.6 Å². The number of aliphatic hydroxyl groups is 2. The van der Waals surface area contributed by atoms with E-state index in [0.29, 0.717) is 83.1 Å². The smallest absolute Gasteiger partial charge is 0.266 e. The largest absolute Gasteiger partial charge is 0.396 e. The second-order valence-corrected chi connectivity index (χ2v) is 32.1. The number of aliphatic hydroxyl groups excluding tert-OH is 1. The van der Waals surface area contributed by atoms with E-state index < -0.39 is 5.60 Å². The van der Waals surface area contributed by atoms with Crippen molar-refractivity contribution >= 4 is 40.4 Å². The summed E-state index contributed by atoms with van der Waals surface area (Å²) in [7, 11) is 0. The van der Waals surface area contributed by atoms with Crippen molar-refractivity contribution in [1.29, 1.82) is 0 Å². The minimum Gasteiger partial charge on any atom is -0.396 e. The van der Waals surface area contributed by atoms with Gasteiger partial charge in [0.1, 0.15) is 5.82 Å². The molecule has 0 fully saturated rings. The van der Waals surface area contributed by atoms with Crippen molar-refractivity contribution in [2.24, 2.45) is 0 Å². The summed E-state index contributed by atoms with van der Waals surface area (Å²) in [6.07, 6.45) is 10.5. The van der Waals surface area contributed by atoms with Crippen molar-refractivity contribution < 1.29 is 10.2 Å². The van der Waals surface area contributed by atoms with Crippen molar-refractivity contribution in [2.45, 2.75) is 169 Å². The van der Waals surface area contributed by atoms with Gasteiger partial charge < -0.3 is 30.7 Å². The zero-order chi connectivity index (χ0) is 78.7. The van der Waals surface area contributed by atoms with E-state index in [1.807, 2.05) is 65.4 Å². The third-order valence-electron chi connectivity index (χ3n) is 18.2. The highest BCUT2D eigenvalue weighted by molar-refractivity contribution is 5.64. The zero-order valence-corrected chi connectivity index (χ0v) is 65.2. The highest BCUT2D eigenvalue weighted by Crippen LogP contribution is 2.30.